The number of nitrogens with zero attached hydrogens (tertiary/aromatic N) is 2. The van der Waals surface area contributed by atoms with Gasteiger partial charge in [0.15, 0.2) is 17.5 Å². The summed E-state index contributed by atoms with van der Waals surface area (Å²) in [6.45, 7) is 3.40. The molecule has 0 atom stereocenters. The lowest BCUT2D eigenvalue weighted by atomic mass is 10.2. The molecule has 0 fully saturated rings. The highest BCUT2D eigenvalue weighted by Gasteiger charge is 2.11. The number of thiazole rings is 1. The molecular formula is C18H26N4O3S. The van der Waals surface area contributed by atoms with E-state index in [1.807, 2.05) is 6.20 Å². The number of benzene rings is 1. The summed E-state index contributed by atoms with van der Waals surface area (Å²) in [5.74, 6) is 1.44. The summed E-state index contributed by atoms with van der Waals surface area (Å²) < 4.78 is 10.4. The molecule has 0 radical (unpaired) electrons. The van der Waals surface area contributed by atoms with Gasteiger partial charge in [0.1, 0.15) is 0 Å². The molecule has 0 saturated heterocycles. The van der Waals surface area contributed by atoms with Gasteiger partial charge in [-0.1, -0.05) is 6.92 Å². The third kappa shape index (κ3) is 5.26. The Kier molecular flexibility index (Phi) is 7.53. The summed E-state index contributed by atoms with van der Waals surface area (Å²) in [6, 6.07) is 3.53. The van der Waals surface area contributed by atoms with E-state index in [0.717, 1.165) is 30.0 Å². The first kappa shape index (κ1) is 19.8. The molecule has 0 aliphatic carbocycles. The van der Waals surface area contributed by atoms with Gasteiger partial charge >= 0.3 is 0 Å². The van der Waals surface area contributed by atoms with Crippen molar-refractivity contribution in [1.29, 1.82) is 0 Å². The van der Waals surface area contributed by atoms with Crippen LogP contribution in [0.2, 0.25) is 0 Å². The predicted molar refractivity (Wildman–Crippen MR) is 105 cm³/mol. The number of aryl methyl sites for hydroxylation is 1. The van der Waals surface area contributed by atoms with Crippen LogP contribution in [-0.2, 0) is 19.4 Å². The standard InChI is InChI=1S/C18H26N4O3S/c1-5-13-11-21-16(26-13)6-7-20-18(19-2)22-10-12-8-14(24-3)17(23)15(9-12)25-4/h8-9,11,23H,5-7,10H2,1-4H3,(H2,19,20,22). The maximum absolute atomic E-state index is 9.97. The van der Waals surface area contributed by atoms with Crippen LogP contribution in [0.5, 0.6) is 17.2 Å². The monoisotopic (exact) mass is 378 g/mol. The fraction of sp³-hybridized carbons (Fsp3) is 0.444. The van der Waals surface area contributed by atoms with E-state index < -0.39 is 0 Å². The summed E-state index contributed by atoms with van der Waals surface area (Å²) in [5, 5.41) is 17.6. The summed E-state index contributed by atoms with van der Waals surface area (Å²) in [6.07, 6.45) is 3.82. The molecule has 0 saturated carbocycles. The smallest absolute Gasteiger partial charge is 0.200 e. The topological polar surface area (TPSA) is 88.0 Å². The van der Waals surface area contributed by atoms with Gasteiger partial charge in [-0.15, -0.1) is 11.3 Å². The molecule has 2 rings (SSSR count). The summed E-state index contributed by atoms with van der Waals surface area (Å²) >= 11 is 1.75. The van der Waals surface area contributed by atoms with E-state index in [2.05, 4.69) is 27.5 Å². The average molecular weight is 378 g/mol. The van der Waals surface area contributed by atoms with Crippen LogP contribution in [0.25, 0.3) is 0 Å². The number of phenols is 1. The van der Waals surface area contributed by atoms with E-state index in [1.54, 1.807) is 30.5 Å². The van der Waals surface area contributed by atoms with Gasteiger partial charge in [-0.2, -0.15) is 0 Å². The average Bonchev–Trinajstić information content (AvgIpc) is 3.13. The highest BCUT2D eigenvalue weighted by atomic mass is 32.1. The van der Waals surface area contributed by atoms with Crippen molar-refractivity contribution in [2.45, 2.75) is 26.3 Å². The lowest BCUT2D eigenvalue weighted by Gasteiger charge is -2.14. The molecule has 8 heteroatoms. The Hall–Kier alpha value is -2.48. The van der Waals surface area contributed by atoms with Crippen LogP contribution in [0.3, 0.4) is 0 Å². The molecule has 2 aromatic rings. The van der Waals surface area contributed by atoms with Crippen LogP contribution in [0.15, 0.2) is 23.3 Å². The Morgan fingerprint density at radius 3 is 2.46 bits per heavy atom. The molecule has 26 heavy (non-hydrogen) atoms. The number of phenolic OH excluding ortho intramolecular Hbond substituents is 1. The Morgan fingerprint density at radius 2 is 1.92 bits per heavy atom. The Bertz CT molecular complexity index is 721. The molecule has 0 aliphatic heterocycles. The first-order chi connectivity index (χ1) is 12.6. The number of aromatic hydroxyl groups is 1. The lowest BCUT2D eigenvalue weighted by Crippen LogP contribution is -2.37. The normalized spacial score (nSPS) is 11.3. The van der Waals surface area contributed by atoms with Crippen LogP contribution < -0.4 is 20.1 Å². The number of methoxy groups -OCH3 is 2. The molecule has 3 N–H and O–H groups in total. The van der Waals surface area contributed by atoms with Crippen molar-refractivity contribution in [1.82, 2.24) is 15.6 Å². The zero-order valence-corrected chi connectivity index (χ0v) is 16.4. The highest BCUT2D eigenvalue weighted by molar-refractivity contribution is 7.11. The van der Waals surface area contributed by atoms with Crippen molar-refractivity contribution in [3.8, 4) is 17.2 Å². The second kappa shape index (κ2) is 9.86. The van der Waals surface area contributed by atoms with Crippen LogP contribution in [0.1, 0.15) is 22.4 Å². The third-order valence-corrected chi connectivity index (χ3v) is 5.01. The van der Waals surface area contributed by atoms with Crippen LogP contribution in [0, 0.1) is 0 Å². The lowest BCUT2D eigenvalue weighted by molar-refractivity contribution is 0.339. The molecule has 0 unspecified atom stereocenters. The second-order valence-corrected chi connectivity index (χ2v) is 6.73. The molecule has 0 amide bonds. The van der Waals surface area contributed by atoms with Crippen molar-refractivity contribution >= 4 is 17.3 Å². The molecule has 0 bridgehead atoms. The highest BCUT2D eigenvalue weighted by Crippen LogP contribution is 2.36. The summed E-state index contributed by atoms with van der Waals surface area (Å²) in [7, 11) is 4.75. The maximum atomic E-state index is 9.97. The van der Waals surface area contributed by atoms with Gasteiger partial charge in [0.05, 0.1) is 19.2 Å². The molecule has 7 nitrogen and oxygen atoms in total. The Morgan fingerprint density at radius 1 is 1.23 bits per heavy atom. The first-order valence-corrected chi connectivity index (χ1v) is 9.24. The first-order valence-electron chi connectivity index (χ1n) is 8.43. The van der Waals surface area contributed by atoms with Crippen LogP contribution in [0.4, 0.5) is 0 Å². The van der Waals surface area contributed by atoms with Crippen molar-refractivity contribution in [2.24, 2.45) is 4.99 Å². The van der Waals surface area contributed by atoms with Crippen LogP contribution in [-0.4, -0.2) is 43.9 Å². The maximum Gasteiger partial charge on any atom is 0.200 e. The number of guanidine groups is 1. The molecule has 0 spiro atoms. The molecule has 1 aromatic heterocycles. The van der Waals surface area contributed by atoms with Gasteiger partial charge in [0.25, 0.3) is 0 Å². The second-order valence-electron chi connectivity index (χ2n) is 5.53. The minimum absolute atomic E-state index is 0.00356. The number of hydrogen-bond donors (Lipinski definition) is 3. The van der Waals surface area contributed by atoms with Gasteiger partial charge < -0.3 is 25.2 Å². The van der Waals surface area contributed by atoms with E-state index in [-0.39, 0.29) is 5.75 Å². The van der Waals surface area contributed by atoms with Crippen molar-refractivity contribution < 1.29 is 14.6 Å². The molecule has 1 heterocycles. The number of rotatable bonds is 8. The van der Waals surface area contributed by atoms with Gasteiger partial charge in [0, 0.05) is 37.6 Å². The molecule has 0 aliphatic rings. The van der Waals surface area contributed by atoms with Gasteiger partial charge in [-0.3, -0.25) is 4.99 Å². The zero-order valence-electron chi connectivity index (χ0n) is 15.6. The van der Waals surface area contributed by atoms with Gasteiger partial charge in [-0.25, -0.2) is 4.98 Å². The fourth-order valence-electron chi connectivity index (χ4n) is 2.37. The molecule has 1 aromatic carbocycles. The Balaban J connectivity index is 1.88. The third-order valence-electron chi connectivity index (χ3n) is 3.80. The summed E-state index contributed by atoms with van der Waals surface area (Å²) in [5.41, 5.74) is 0.909. The predicted octanol–water partition coefficient (Wildman–Crippen LogP) is 2.34. The number of ether oxygens (including phenoxy) is 2. The quantitative estimate of drug-likeness (QED) is 0.483. The number of aromatic nitrogens is 1. The van der Waals surface area contributed by atoms with E-state index >= 15 is 0 Å². The minimum Gasteiger partial charge on any atom is -0.502 e. The number of nitrogens with one attached hydrogen (secondary N) is 2. The van der Waals surface area contributed by atoms with Crippen LogP contribution >= 0.6 is 11.3 Å². The zero-order chi connectivity index (χ0) is 18.9. The molecular weight excluding hydrogens is 352 g/mol. The van der Waals surface area contributed by atoms with E-state index in [0.29, 0.717) is 24.0 Å². The fourth-order valence-corrected chi connectivity index (χ4v) is 3.23. The largest absolute Gasteiger partial charge is 0.502 e. The number of hydrogen-bond acceptors (Lipinski definition) is 6. The SMILES string of the molecule is CCc1cnc(CCNC(=NC)NCc2cc(OC)c(O)c(OC)c2)s1. The number of aliphatic imine (C=N–C) groups is 1. The van der Waals surface area contributed by atoms with Crippen molar-refractivity contribution in [3.05, 3.63) is 33.8 Å². The van der Waals surface area contributed by atoms with Crippen molar-refractivity contribution in [2.75, 3.05) is 27.8 Å². The van der Waals surface area contributed by atoms with Gasteiger partial charge in [-0.05, 0) is 24.1 Å². The molecule has 142 valence electrons. The minimum atomic E-state index is -0.00356. The summed E-state index contributed by atoms with van der Waals surface area (Å²) in [4.78, 5) is 9.94. The Labute approximate surface area is 158 Å². The van der Waals surface area contributed by atoms with Gasteiger partial charge in [0.2, 0.25) is 5.75 Å². The van der Waals surface area contributed by atoms with Crippen molar-refractivity contribution in [3.63, 3.8) is 0 Å². The van der Waals surface area contributed by atoms with E-state index in [4.69, 9.17) is 9.47 Å². The van der Waals surface area contributed by atoms with E-state index in [9.17, 15) is 5.11 Å². The van der Waals surface area contributed by atoms with E-state index in [1.165, 1.54) is 19.1 Å².